The third kappa shape index (κ3) is 5.42. The molecule has 288 valence electrons. The number of thiophene rings is 1. The molecule has 0 aliphatic heterocycles. The van der Waals surface area contributed by atoms with E-state index < -0.39 is 0 Å². The molecule has 5 heteroatoms. The van der Waals surface area contributed by atoms with Crippen LogP contribution in [0.5, 0.6) is 0 Å². The van der Waals surface area contributed by atoms with Crippen LogP contribution in [0.25, 0.3) is 131 Å². The standard InChI is InChI=1S/C57H33N3OS/c1-3-16-35(17-4-1)43-25-13-26-44-45-27-14-28-46(52(45)61-51(43)44)56-58-55(40-30-29-34-15-7-8-20-37(34)31-40)59-57(60-56)48-33-39-22-10-12-24-42(39)50-47-32-38-21-9-11-23-41(38)49(53(47)62-54(48)50)36-18-5-2-6-19-36/h1-33H. The minimum Gasteiger partial charge on any atom is -0.455 e. The molecule has 4 nitrogen and oxygen atoms in total. The van der Waals surface area contributed by atoms with Gasteiger partial charge in [0.15, 0.2) is 17.5 Å². The Bertz CT molecular complexity index is 3930. The van der Waals surface area contributed by atoms with Crippen molar-refractivity contribution in [3.05, 3.63) is 200 Å². The molecule has 62 heavy (non-hydrogen) atoms. The lowest BCUT2D eigenvalue weighted by molar-refractivity contribution is 0.670. The van der Waals surface area contributed by atoms with Gasteiger partial charge >= 0.3 is 0 Å². The predicted octanol–water partition coefficient (Wildman–Crippen LogP) is 15.9. The van der Waals surface area contributed by atoms with E-state index in [9.17, 15) is 0 Å². The first-order valence-corrected chi connectivity index (χ1v) is 21.7. The molecular weight excluding hydrogens is 775 g/mol. The highest BCUT2D eigenvalue weighted by Crippen LogP contribution is 2.49. The highest BCUT2D eigenvalue weighted by atomic mass is 32.1. The lowest BCUT2D eigenvalue weighted by Gasteiger charge is -2.11. The van der Waals surface area contributed by atoms with Gasteiger partial charge in [0.25, 0.3) is 0 Å². The van der Waals surface area contributed by atoms with Crippen LogP contribution in [0.4, 0.5) is 0 Å². The number of aromatic nitrogens is 3. The van der Waals surface area contributed by atoms with E-state index in [-0.39, 0.29) is 0 Å². The van der Waals surface area contributed by atoms with Crippen molar-refractivity contribution < 1.29 is 4.42 Å². The first kappa shape index (κ1) is 34.8. The van der Waals surface area contributed by atoms with Crippen molar-refractivity contribution in [2.45, 2.75) is 0 Å². The number of furan rings is 1. The van der Waals surface area contributed by atoms with Gasteiger partial charge in [-0.25, -0.2) is 15.0 Å². The van der Waals surface area contributed by atoms with Crippen LogP contribution in [0.1, 0.15) is 0 Å². The van der Waals surface area contributed by atoms with Crippen LogP contribution >= 0.6 is 11.3 Å². The zero-order valence-electron chi connectivity index (χ0n) is 33.2. The van der Waals surface area contributed by atoms with E-state index in [4.69, 9.17) is 19.4 Å². The summed E-state index contributed by atoms with van der Waals surface area (Å²) in [6.45, 7) is 0. The average Bonchev–Trinajstić information content (AvgIpc) is 3.92. The zero-order chi connectivity index (χ0) is 40.7. The zero-order valence-corrected chi connectivity index (χ0v) is 34.0. The van der Waals surface area contributed by atoms with Crippen LogP contribution in [-0.2, 0) is 0 Å². The number of benzene rings is 10. The van der Waals surface area contributed by atoms with Gasteiger partial charge in [0, 0.05) is 53.2 Å². The van der Waals surface area contributed by atoms with Crippen LogP contribution in [0, 0.1) is 0 Å². The number of hydrogen-bond acceptors (Lipinski definition) is 5. The van der Waals surface area contributed by atoms with Crippen molar-refractivity contribution in [2.75, 3.05) is 0 Å². The summed E-state index contributed by atoms with van der Waals surface area (Å²) in [4.78, 5) is 16.2. The Kier molecular flexibility index (Phi) is 7.74. The molecule has 0 amide bonds. The second-order valence-electron chi connectivity index (χ2n) is 15.9. The Morgan fingerprint density at radius 3 is 1.65 bits per heavy atom. The van der Waals surface area contributed by atoms with Gasteiger partial charge in [0.2, 0.25) is 0 Å². The highest BCUT2D eigenvalue weighted by molar-refractivity contribution is 7.27. The van der Waals surface area contributed by atoms with Crippen LogP contribution in [-0.4, -0.2) is 15.0 Å². The van der Waals surface area contributed by atoms with Crippen LogP contribution < -0.4 is 0 Å². The number of rotatable bonds is 5. The molecule has 0 fully saturated rings. The molecule has 10 aromatic carbocycles. The monoisotopic (exact) mass is 807 g/mol. The molecule has 0 atom stereocenters. The normalized spacial score (nSPS) is 11.9. The Labute approximate surface area is 360 Å². The summed E-state index contributed by atoms with van der Waals surface area (Å²) < 4.78 is 9.32. The molecule has 0 radical (unpaired) electrons. The number of fused-ring (bicyclic) bond motifs is 10. The lowest BCUT2D eigenvalue weighted by Crippen LogP contribution is -2.00. The Hall–Kier alpha value is -7.99. The summed E-state index contributed by atoms with van der Waals surface area (Å²) >= 11 is 1.83. The van der Waals surface area contributed by atoms with Crippen LogP contribution in [0.3, 0.4) is 0 Å². The van der Waals surface area contributed by atoms with Crippen molar-refractivity contribution in [1.29, 1.82) is 0 Å². The summed E-state index contributed by atoms with van der Waals surface area (Å²) in [6, 6.07) is 70.8. The predicted molar refractivity (Wildman–Crippen MR) is 260 cm³/mol. The van der Waals surface area contributed by atoms with E-state index in [0.717, 1.165) is 70.6 Å². The Morgan fingerprint density at radius 2 is 0.887 bits per heavy atom. The summed E-state index contributed by atoms with van der Waals surface area (Å²) in [5.74, 6) is 1.78. The van der Waals surface area contributed by atoms with Gasteiger partial charge in [0.1, 0.15) is 11.2 Å². The van der Waals surface area contributed by atoms with Crippen molar-refractivity contribution >= 4 is 85.8 Å². The van der Waals surface area contributed by atoms with E-state index in [1.165, 1.54) is 42.8 Å². The number of para-hydroxylation sites is 2. The van der Waals surface area contributed by atoms with Gasteiger partial charge in [-0.05, 0) is 67.7 Å². The molecule has 0 bridgehead atoms. The van der Waals surface area contributed by atoms with E-state index in [1.54, 1.807) is 0 Å². The first-order valence-electron chi connectivity index (χ1n) is 20.8. The molecular formula is C57H33N3OS. The summed E-state index contributed by atoms with van der Waals surface area (Å²) in [6.07, 6.45) is 0. The van der Waals surface area contributed by atoms with Crippen LogP contribution in [0.15, 0.2) is 205 Å². The van der Waals surface area contributed by atoms with Crippen molar-refractivity contribution in [3.63, 3.8) is 0 Å². The summed E-state index contributed by atoms with van der Waals surface area (Å²) in [5.41, 5.74) is 8.88. The fraction of sp³-hybridized carbons (Fsp3) is 0. The average molecular weight is 808 g/mol. The molecule has 0 unspecified atom stereocenters. The van der Waals surface area contributed by atoms with E-state index >= 15 is 0 Å². The third-order valence-electron chi connectivity index (χ3n) is 12.3. The molecule has 0 saturated carbocycles. The van der Waals surface area contributed by atoms with E-state index in [0.29, 0.717) is 17.5 Å². The number of nitrogens with zero attached hydrogens (tertiary/aromatic N) is 3. The minimum atomic E-state index is 0.558. The van der Waals surface area contributed by atoms with Crippen molar-refractivity contribution in [1.82, 2.24) is 15.0 Å². The largest absolute Gasteiger partial charge is 0.455 e. The molecule has 3 aromatic heterocycles. The minimum absolute atomic E-state index is 0.558. The molecule has 0 aliphatic rings. The Morgan fingerprint density at radius 1 is 0.323 bits per heavy atom. The highest BCUT2D eigenvalue weighted by Gasteiger charge is 2.24. The van der Waals surface area contributed by atoms with Gasteiger partial charge in [-0.15, -0.1) is 11.3 Å². The van der Waals surface area contributed by atoms with Gasteiger partial charge in [-0.1, -0.05) is 176 Å². The molecule has 13 aromatic rings. The maximum absolute atomic E-state index is 6.93. The maximum atomic E-state index is 6.93. The third-order valence-corrected chi connectivity index (χ3v) is 13.5. The molecule has 0 N–H and O–H groups in total. The second kappa shape index (κ2) is 13.8. The van der Waals surface area contributed by atoms with Crippen molar-refractivity contribution in [2.24, 2.45) is 0 Å². The summed E-state index contributed by atoms with van der Waals surface area (Å²) in [5, 5.41) is 11.6. The molecule has 13 rings (SSSR count). The van der Waals surface area contributed by atoms with E-state index in [2.05, 4.69) is 194 Å². The van der Waals surface area contributed by atoms with Crippen LogP contribution in [0.2, 0.25) is 0 Å². The van der Waals surface area contributed by atoms with Crippen molar-refractivity contribution in [3.8, 4) is 56.4 Å². The second-order valence-corrected chi connectivity index (χ2v) is 16.9. The SMILES string of the molecule is c1ccc(-c2cccc3c2oc2c(-c4nc(-c5ccc6ccccc6c5)nc(-c5cc6ccccc6c6c5sc5c(-c7ccccc7)c7ccccc7cc56)n4)cccc23)cc1. The lowest BCUT2D eigenvalue weighted by atomic mass is 9.93. The van der Waals surface area contributed by atoms with E-state index in [1.807, 2.05) is 17.4 Å². The quantitative estimate of drug-likeness (QED) is 0.174. The smallest absolute Gasteiger partial charge is 0.167 e. The van der Waals surface area contributed by atoms with Gasteiger partial charge in [-0.3, -0.25) is 0 Å². The molecule has 3 heterocycles. The van der Waals surface area contributed by atoms with Gasteiger partial charge in [0.05, 0.1) is 5.56 Å². The molecule has 0 spiro atoms. The van der Waals surface area contributed by atoms with Gasteiger partial charge in [-0.2, -0.15) is 0 Å². The molecule has 0 saturated heterocycles. The fourth-order valence-electron chi connectivity index (χ4n) is 9.40. The first-order chi connectivity index (χ1) is 30.7. The molecule has 0 aliphatic carbocycles. The fourth-order valence-corrected chi connectivity index (χ4v) is 10.8. The number of hydrogen-bond donors (Lipinski definition) is 0. The van der Waals surface area contributed by atoms with Gasteiger partial charge < -0.3 is 4.42 Å². The Balaban J connectivity index is 1.12. The topological polar surface area (TPSA) is 51.8 Å². The maximum Gasteiger partial charge on any atom is 0.167 e. The summed E-state index contributed by atoms with van der Waals surface area (Å²) in [7, 11) is 0.